The van der Waals surface area contributed by atoms with Crippen LogP contribution in [0.2, 0.25) is 0 Å². The van der Waals surface area contributed by atoms with Crippen LogP contribution in [0.1, 0.15) is 5.56 Å². The molecule has 0 saturated carbocycles. The summed E-state index contributed by atoms with van der Waals surface area (Å²) in [6.07, 6.45) is 3.42. The molecule has 6 nitrogen and oxygen atoms in total. The van der Waals surface area contributed by atoms with Gasteiger partial charge in [-0.1, -0.05) is 0 Å². The minimum absolute atomic E-state index is 0.421. The highest BCUT2D eigenvalue weighted by molar-refractivity contribution is 9.10. The quantitative estimate of drug-likeness (QED) is 0.845. The molecule has 2 heterocycles. The van der Waals surface area contributed by atoms with E-state index >= 15 is 0 Å². The molecule has 0 bridgehead atoms. The van der Waals surface area contributed by atoms with Gasteiger partial charge in [0.05, 0.1) is 12.7 Å². The van der Waals surface area contributed by atoms with E-state index in [4.69, 9.17) is 5.73 Å². The van der Waals surface area contributed by atoms with Gasteiger partial charge in [0.25, 0.3) is 0 Å². The SMILES string of the molecule is Cn1cc(Cn2ncc(N)n2)c(Br)n1. The number of nitrogen functional groups attached to an aromatic ring is 1. The number of halogens is 1. The van der Waals surface area contributed by atoms with Crippen molar-refractivity contribution in [1.82, 2.24) is 24.8 Å². The topological polar surface area (TPSA) is 74.5 Å². The van der Waals surface area contributed by atoms with Gasteiger partial charge < -0.3 is 5.73 Å². The van der Waals surface area contributed by atoms with E-state index in [0.29, 0.717) is 12.4 Å². The van der Waals surface area contributed by atoms with Crippen LogP contribution in [0.25, 0.3) is 0 Å². The van der Waals surface area contributed by atoms with Crippen molar-refractivity contribution in [2.24, 2.45) is 7.05 Å². The average molecular weight is 257 g/mol. The standard InChI is InChI=1S/C7H9BrN6/c1-13-3-5(7(8)12-13)4-14-10-2-6(9)11-14/h2-3H,4H2,1H3,(H2,9,11). The van der Waals surface area contributed by atoms with E-state index in [-0.39, 0.29) is 0 Å². The molecule has 0 aromatic carbocycles. The zero-order valence-corrected chi connectivity index (χ0v) is 9.14. The summed E-state index contributed by atoms with van der Waals surface area (Å²) >= 11 is 3.35. The van der Waals surface area contributed by atoms with Crippen LogP contribution in [0.5, 0.6) is 0 Å². The highest BCUT2D eigenvalue weighted by Crippen LogP contribution is 2.14. The van der Waals surface area contributed by atoms with Crippen LogP contribution in [-0.2, 0) is 13.6 Å². The third-order valence-electron chi connectivity index (χ3n) is 1.72. The van der Waals surface area contributed by atoms with E-state index in [9.17, 15) is 0 Å². The Morgan fingerprint density at radius 2 is 2.29 bits per heavy atom. The predicted molar refractivity (Wildman–Crippen MR) is 54.4 cm³/mol. The fourth-order valence-electron chi connectivity index (χ4n) is 1.16. The lowest BCUT2D eigenvalue weighted by Gasteiger charge is -1.95. The number of nitrogens with zero attached hydrogens (tertiary/aromatic N) is 5. The molecule has 2 aromatic heterocycles. The second-order valence-electron chi connectivity index (χ2n) is 2.92. The first-order valence-corrected chi connectivity index (χ1v) is 4.78. The molecule has 14 heavy (non-hydrogen) atoms. The summed E-state index contributed by atoms with van der Waals surface area (Å²) in [6, 6.07) is 0. The molecule has 0 aliphatic heterocycles. The maximum atomic E-state index is 5.45. The molecular formula is C7H9BrN6. The largest absolute Gasteiger partial charge is 0.381 e. The Morgan fingerprint density at radius 3 is 2.79 bits per heavy atom. The number of anilines is 1. The molecule has 0 saturated heterocycles. The summed E-state index contributed by atoms with van der Waals surface area (Å²) in [5, 5.41) is 12.1. The van der Waals surface area contributed by atoms with Crippen LogP contribution in [0.15, 0.2) is 17.0 Å². The van der Waals surface area contributed by atoms with E-state index in [1.807, 2.05) is 13.2 Å². The molecule has 7 heteroatoms. The summed E-state index contributed by atoms with van der Waals surface area (Å²) in [5.41, 5.74) is 6.47. The second-order valence-corrected chi connectivity index (χ2v) is 3.67. The van der Waals surface area contributed by atoms with Gasteiger partial charge in [-0.2, -0.15) is 15.0 Å². The zero-order chi connectivity index (χ0) is 10.1. The Labute approximate surface area is 88.8 Å². The van der Waals surface area contributed by atoms with Gasteiger partial charge in [-0.3, -0.25) is 4.68 Å². The van der Waals surface area contributed by atoms with Crippen LogP contribution in [0.3, 0.4) is 0 Å². The van der Waals surface area contributed by atoms with Crippen molar-refractivity contribution in [1.29, 1.82) is 0 Å². The Kier molecular flexibility index (Phi) is 2.24. The van der Waals surface area contributed by atoms with Crippen molar-refractivity contribution >= 4 is 21.7 Å². The summed E-state index contributed by atoms with van der Waals surface area (Å²) in [6.45, 7) is 0.561. The van der Waals surface area contributed by atoms with Crippen LogP contribution in [-0.4, -0.2) is 24.8 Å². The minimum atomic E-state index is 0.421. The number of aryl methyl sites for hydroxylation is 1. The lowest BCUT2D eigenvalue weighted by atomic mass is 10.4. The molecule has 0 atom stereocenters. The van der Waals surface area contributed by atoms with E-state index < -0.39 is 0 Å². The molecule has 0 radical (unpaired) electrons. The molecule has 0 aliphatic rings. The highest BCUT2D eigenvalue weighted by Gasteiger charge is 2.06. The first-order chi connectivity index (χ1) is 6.65. The number of hydrogen-bond donors (Lipinski definition) is 1. The van der Waals surface area contributed by atoms with Gasteiger partial charge >= 0.3 is 0 Å². The highest BCUT2D eigenvalue weighted by atomic mass is 79.9. The third kappa shape index (κ3) is 1.77. The fourth-order valence-corrected chi connectivity index (χ4v) is 1.63. The first kappa shape index (κ1) is 9.20. The Balaban J connectivity index is 2.22. The monoisotopic (exact) mass is 256 g/mol. The molecule has 0 fully saturated rings. The number of nitrogens with two attached hydrogens (primary N) is 1. The van der Waals surface area contributed by atoms with Crippen LogP contribution in [0.4, 0.5) is 5.82 Å². The van der Waals surface area contributed by atoms with Gasteiger partial charge in [0.15, 0.2) is 5.82 Å². The molecule has 2 N–H and O–H groups in total. The molecule has 2 aromatic rings. The fraction of sp³-hybridized carbons (Fsp3) is 0.286. The average Bonchev–Trinajstić information content (AvgIpc) is 2.61. The van der Waals surface area contributed by atoms with Gasteiger partial charge in [0, 0.05) is 18.8 Å². The normalized spacial score (nSPS) is 10.7. The Morgan fingerprint density at radius 1 is 1.50 bits per heavy atom. The van der Waals surface area contributed by atoms with Crippen LogP contribution >= 0.6 is 15.9 Å². The Bertz CT molecular complexity index is 445. The molecule has 0 aliphatic carbocycles. The summed E-state index contributed by atoms with van der Waals surface area (Å²) in [7, 11) is 1.86. The third-order valence-corrected chi connectivity index (χ3v) is 2.39. The Hall–Kier alpha value is -1.37. The number of hydrogen-bond acceptors (Lipinski definition) is 4. The maximum Gasteiger partial charge on any atom is 0.165 e. The van der Waals surface area contributed by atoms with Crippen molar-refractivity contribution in [2.75, 3.05) is 5.73 Å². The molecule has 2 rings (SSSR count). The number of aromatic nitrogens is 5. The zero-order valence-electron chi connectivity index (χ0n) is 7.55. The van der Waals surface area contributed by atoms with Crippen molar-refractivity contribution < 1.29 is 0 Å². The van der Waals surface area contributed by atoms with Crippen molar-refractivity contribution in [3.05, 3.63) is 22.6 Å². The molecule has 74 valence electrons. The minimum Gasteiger partial charge on any atom is -0.381 e. The van der Waals surface area contributed by atoms with E-state index in [1.165, 1.54) is 11.0 Å². The lowest BCUT2D eigenvalue weighted by molar-refractivity contribution is 0.591. The summed E-state index contributed by atoms with van der Waals surface area (Å²) in [5.74, 6) is 0.421. The van der Waals surface area contributed by atoms with Crippen LogP contribution < -0.4 is 5.73 Å². The summed E-state index contributed by atoms with van der Waals surface area (Å²) in [4.78, 5) is 1.52. The molecular weight excluding hydrogens is 248 g/mol. The van der Waals surface area contributed by atoms with Gasteiger partial charge in [0.1, 0.15) is 4.60 Å². The van der Waals surface area contributed by atoms with Gasteiger partial charge in [0.2, 0.25) is 0 Å². The van der Waals surface area contributed by atoms with Crippen molar-refractivity contribution in [3.8, 4) is 0 Å². The van der Waals surface area contributed by atoms with E-state index in [0.717, 1.165) is 10.2 Å². The molecule has 0 amide bonds. The van der Waals surface area contributed by atoms with E-state index in [2.05, 4.69) is 31.2 Å². The molecule has 0 unspecified atom stereocenters. The summed E-state index contributed by atoms with van der Waals surface area (Å²) < 4.78 is 2.53. The number of rotatable bonds is 2. The maximum absolute atomic E-state index is 5.45. The first-order valence-electron chi connectivity index (χ1n) is 3.99. The van der Waals surface area contributed by atoms with Crippen molar-refractivity contribution in [3.63, 3.8) is 0 Å². The molecule has 0 spiro atoms. The van der Waals surface area contributed by atoms with Gasteiger partial charge in [-0.15, -0.1) is 5.10 Å². The second kappa shape index (κ2) is 3.41. The van der Waals surface area contributed by atoms with Crippen LogP contribution in [0, 0.1) is 0 Å². The van der Waals surface area contributed by atoms with Crippen molar-refractivity contribution in [2.45, 2.75) is 6.54 Å². The smallest absolute Gasteiger partial charge is 0.165 e. The van der Waals surface area contributed by atoms with Gasteiger partial charge in [-0.25, -0.2) is 0 Å². The van der Waals surface area contributed by atoms with E-state index in [1.54, 1.807) is 4.68 Å². The predicted octanol–water partition coefficient (Wildman–Crippen LogP) is 0.405. The van der Waals surface area contributed by atoms with Gasteiger partial charge in [-0.05, 0) is 15.9 Å². The lowest BCUT2D eigenvalue weighted by Crippen LogP contribution is -2.03.